The molecule has 0 radical (unpaired) electrons. The van der Waals surface area contributed by atoms with Gasteiger partial charge in [0, 0.05) is 12.3 Å². The van der Waals surface area contributed by atoms with E-state index in [9.17, 15) is 5.11 Å². The van der Waals surface area contributed by atoms with Crippen LogP contribution in [0.15, 0.2) is 24.4 Å². The molecule has 0 spiro atoms. The van der Waals surface area contributed by atoms with Crippen molar-refractivity contribution in [3.8, 4) is 5.75 Å². The van der Waals surface area contributed by atoms with Gasteiger partial charge in [-0.05, 0) is 12.1 Å². The second-order valence-electron chi connectivity index (χ2n) is 2.43. The summed E-state index contributed by atoms with van der Waals surface area (Å²) in [5.41, 5.74) is 6.73. The van der Waals surface area contributed by atoms with Crippen molar-refractivity contribution in [1.82, 2.24) is 9.97 Å². The second kappa shape index (κ2) is 2.34. The zero-order valence-corrected chi connectivity index (χ0v) is 6.23. The topological polar surface area (TPSA) is 72.0 Å². The number of hydrogen-bond donors (Lipinski definition) is 2. The fourth-order valence-electron chi connectivity index (χ4n) is 1.01. The SMILES string of the molecule is Nc1nc2cccnc2cc1O. The van der Waals surface area contributed by atoms with Crippen molar-refractivity contribution in [2.45, 2.75) is 0 Å². The van der Waals surface area contributed by atoms with Crippen LogP contribution in [0.1, 0.15) is 0 Å². The average Bonchev–Trinajstić information content (AvgIpc) is 2.07. The van der Waals surface area contributed by atoms with Gasteiger partial charge in [0.25, 0.3) is 0 Å². The summed E-state index contributed by atoms with van der Waals surface area (Å²) in [5, 5.41) is 9.19. The molecule has 2 rings (SSSR count). The maximum absolute atomic E-state index is 9.19. The van der Waals surface area contributed by atoms with Crippen LogP contribution in [0.3, 0.4) is 0 Å². The summed E-state index contributed by atoms with van der Waals surface area (Å²) in [5.74, 6) is 0.108. The molecular formula is C8H7N3O. The Morgan fingerprint density at radius 2 is 2.17 bits per heavy atom. The molecule has 0 saturated carbocycles. The van der Waals surface area contributed by atoms with E-state index in [1.165, 1.54) is 6.07 Å². The Labute approximate surface area is 68.7 Å². The van der Waals surface area contributed by atoms with E-state index in [0.29, 0.717) is 11.0 Å². The Balaban J connectivity index is 2.84. The van der Waals surface area contributed by atoms with E-state index in [2.05, 4.69) is 9.97 Å². The molecule has 0 aromatic carbocycles. The largest absolute Gasteiger partial charge is 0.504 e. The van der Waals surface area contributed by atoms with Gasteiger partial charge in [-0.15, -0.1) is 0 Å². The smallest absolute Gasteiger partial charge is 0.166 e. The van der Waals surface area contributed by atoms with E-state index in [1.807, 2.05) is 0 Å². The summed E-state index contributed by atoms with van der Waals surface area (Å²) in [7, 11) is 0. The number of aromatic nitrogens is 2. The van der Waals surface area contributed by atoms with Gasteiger partial charge >= 0.3 is 0 Å². The number of anilines is 1. The molecule has 60 valence electrons. The highest BCUT2D eigenvalue weighted by molar-refractivity contribution is 5.78. The van der Waals surface area contributed by atoms with Gasteiger partial charge in [0.2, 0.25) is 0 Å². The molecule has 0 aliphatic carbocycles. The minimum Gasteiger partial charge on any atom is -0.504 e. The van der Waals surface area contributed by atoms with Gasteiger partial charge in [0.05, 0.1) is 11.0 Å². The van der Waals surface area contributed by atoms with Gasteiger partial charge in [-0.2, -0.15) is 0 Å². The first-order valence-corrected chi connectivity index (χ1v) is 3.47. The first-order chi connectivity index (χ1) is 5.77. The van der Waals surface area contributed by atoms with Crippen molar-refractivity contribution in [2.24, 2.45) is 0 Å². The summed E-state index contributed by atoms with van der Waals surface area (Å²) in [4.78, 5) is 7.95. The molecule has 0 atom stereocenters. The number of rotatable bonds is 0. The summed E-state index contributed by atoms with van der Waals surface area (Å²) in [6.45, 7) is 0. The number of pyridine rings is 2. The Morgan fingerprint density at radius 3 is 3.00 bits per heavy atom. The van der Waals surface area contributed by atoms with Gasteiger partial charge in [0.1, 0.15) is 0 Å². The van der Waals surface area contributed by atoms with Gasteiger partial charge in [-0.3, -0.25) is 4.98 Å². The first kappa shape index (κ1) is 6.84. The Hall–Kier alpha value is -1.84. The van der Waals surface area contributed by atoms with Crippen molar-refractivity contribution in [3.63, 3.8) is 0 Å². The van der Waals surface area contributed by atoms with Crippen LogP contribution in [0.2, 0.25) is 0 Å². The molecule has 0 saturated heterocycles. The number of fused-ring (bicyclic) bond motifs is 1. The van der Waals surface area contributed by atoms with Crippen molar-refractivity contribution in [1.29, 1.82) is 0 Å². The van der Waals surface area contributed by atoms with E-state index >= 15 is 0 Å². The molecule has 2 aromatic heterocycles. The van der Waals surface area contributed by atoms with Crippen LogP contribution < -0.4 is 5.73 Å². The molecule has 4 heteroatoms. The number of hydrogen-bond acceptors (Lipinski definition) is 4. The van der Waals surface area contributed by atoms with Gasteiger partial charge in [-0.25, -0.2) is 4.98 Å². The molecule has 2 aromatic rings. The molecule has 0 aliphatic heterocycles. The number of nitrogens with two attached hydrogens (primary N) is 1. The lowest BCUT2D eigenvalue weighted by molar-refractivity contribution is 0.477. The molecule has 0 bridgehead atoms. The molecule has 0 unspecified atom stereocenters. The lowest BCUT2D eigenvalue weighted by Crippen LogP contribution is -1.91. The van der Waals surface area contributed by atoms with E-state index < -0.39 is 0 Å². The minimum atomic E-state index is -0.0267. The Morgan fingerprint density at radius 1 is 1.33 bits per heavy atom. The molecule has 0 amide bonds. The van der Waals surface area contributed by atoms with Crippen LogP contribution >= 0.6 is 0 Å². The second-order valence-corrected chi connectivity index (χ2v) is 2.43. The standard InChI is InChI=1S/C8H7N3O/c9-8-7(12)4-6-5(11-8)2-1-3-10-6/h1-4,12H,(H2,9,11). The predicted octanol–water partition coefficient (Wildman–Crippen LogP) is 0.918. The van der Waals surface area contributed by atoms with E-state index in [1.54, 1.807) is 18.3 Å². The number of nitrogens with zero attached hydrogens (tertiary/aromatic N) is 2. The van der Waals surface area contributed by atoms with Crippen LogP contribution in [0.4, 0.5) is 5.82 Å². The van der Waals surface area contributed by atoms with Crippen molar-refractivity contribution < 1.29 is 5.11 Å². The van der Waals surface area contributed by atoms with Crippen molar-refractivity contribution in [2.75, 3.05) is 5.73 Å². The third kappa shape index (κ3) is 0.934. The highest BCUT2D eigenvalue weighted by Gasteiger charge is 2.00. The highest BCUT2D eigenvalue weighted by atomic mass is 16.3. The minimum absolute atomic E-state index is 0.0267. The third-order valence-corrected chi connectivity index (χ3v) is 1.59. The maximum atomic E-state index is 9.19. The van der Waals surface area contributed by atoms with Crippen LogP contribution in [-0.2, 0) is 0 Å². The lowest BCUT2D eigenvalue weighted by atomic mass is 10.3. The van der Waals surface area contributed by atoms with E-state index in [4.69, 9.17) is 5.73 Å². The fourth-order valence-corrected chi connectivity index (χ4v) is 1.01. The van der Waals surface area contributed by atoms with Gasteiger partial charge in [0.15, 0.2) is 11.6 Å². The first-order valence-electron chi connectivity index (χ1n) is 3.47. The van der Waals surface area contributed by atoms with Crippen LogP contribution in [0.25, 0.3) is 11.0 Å². The summed E-state index contributed by atoms with van der Waals surface area (Å²) in [6, 6.07) is 5.06. The van der Waals surface area contributed by atoms with E-state index in [0.717, 1.165) is 0 Å². The zero-order chi connectivity index (χ0) is 8.55. The number of aromatic hydroxyl groups is 1. The normalized spacial score (nSPS) is 10.3. The lowest BCUT2D eigenvalue weighted by Gasteiger charge is -1.99. The molecule has 0 aliphatic rings. The molecule has 12 heavy (non-hydrogen) atoms. The average molecular weight is 161 g/mol. The summed E-state index contributed by atoms with van der Waals surface area (Å²) in [6.07, 6.45) is 1.64. The van der Waals surface area contributed by atoms with E-state index in [-0.39, 0.29) is 11.6 Å². The number of nitrogen functional groups attached to an aromatic ring is 1. The monoisotopic (exact) mass is 161 g/mol. The molecule has 3 N–H and O–H groups in total. The molecule has 2 heterocycles. The van der Waals surface area contributed by atoms with Crippen LogP contribution in [-0.4, -0.2) is 15.1 Å². The van der Waals surface area contributed by atoms with Crippen molar-refractivity contribution >= 4 is 16.9 Å². The third-order valence-electron chi connectivity index (χ3n) is 1.59. The predicted molar refractivity (Wildman–Crippen MR) is 45.6 cm³/mol. The summed E-state index contributed by atoms with van der Waals surface area (Å²) < 4.78 is 0. The van der Waals surface area contributed by atoms with Crippen LogP contribution in [0, 0.1) is 0 Å². The Kier molecular flexibility index (Phi) is 1.33. The summed E-state index contributed by atoms with van der Waals surface area (Å²) >= 11 is 0. The molecule has 0 fully saturated rings. The van der Waals surface area contributed by atoms with Crippen LogP contribution in [0.5, 0.6) is 5.75 Å². The highest BCUT2D eigenvalue weighted by Crippen LogP contribution is 2.21. The van der Waals surface area contributed by atoms with Crippen molar-refractivity contribution in [3.05, 3.63) is 24.4 Å². The molecule has 4 nitrogen and oxygen atoms in total. The Bertz CT molecular complexity index is 387. The van der Waals surface area contributed by atoms with Gasteiger partial charge < -0.3 is 10.8 Å². The maximum Gasteiger partial charge on any atom is 0.166 e. The quantitative estimate of drug-likeness (QED) is 0.602. The van der Waals surface area contributed by atoms with Gasteiger partial charge in [-0.1, -0.05) is 0 Å². The molecular weight excluding hydrogens is 154 g/mol. The zero-order valence-electron chi connectivity index (χ0n) is 6.23. The fraction of sp³-hybridized carbons (Fsp3) is 0.